The molecule has 0 saturated carbocycles. The molecule has 1 N–H and O–H groups in total. The first kappa shape index (κ1) is 10.6. The van der Waals surface area contributed by atoms with Crippen molar-refractivity contribution in [2.45, 2.75) is 31.8 Å². The third-order valence-corrected chi connectivity index (χ3v) is 3.73. The Balaban J connectivity index is 1.76. The molecule has 2 aliphatic rings. The number of nitrogens with one attached hydrogen (secondary N) is 1. The molecule has 1 aromatic heterocycles. The predicted molar refractivity (Wildman–Crippen MR) is 59.3 cm³/mol. The topological polar surface area (TPSA) is 78.0 Å². The average molecular weight is 236 g/mol. The minimum absolute atomic E-state index is 0.113. The summed E-state index contributed by atoms with van der Waals surface area (Å²) < 4.78 is 0. The van der Waals surface area contributed by atoms with Crippen LogP contribution in [0.4, 0.5) is 0 Å². The molecule has 1 amide bonds. The van der Waals surface area contributed by atoms with Gasteiger partial charge in [0.1, 0.15) is 0 Å². The Morgan fingerprint density at radius 3 is 3.12 bits per heavy atom. The highest BCUT2D eigenvalue weighted by Gasteiger charge is 2.37. The number of carbonyl (C=O) groups excluding carboxylic acids is 1. The van der Waals surface area contributed by atoms with Gasteiger partial charge in [-0.05, 0) is 31.5 Å². The molecule has 7 nitrogen and oxygen atoms in total. The molecular weight excluding hydrogens is 220 g/mol. The van der Waals surface area contributed by atoms with E-state index in [2.05, 4.69) is 32.4 Å². The first-order valence-electron chi connectivity index (χ1n) is 6.04. The minimum atomic E-state index is -0.113. The van der Waals surface area contributed by atoms with Crippen molar-refractivity contribution < 1.29 is 4.79 Å². The van der Waals surface area contributed by atoms with E-state index in [0.717, 1.165) is 13.1 Å². The number of aromatic amines is 1. The van der Waals surface area contributed by atoms with Gasteiger partial charge in [0.15, 0.2) is 0 Å². The van der Waals surface area contributed by atoms with E-state index in [1.54, 1.807) is 0 Å². The molecule has 0 aromatic carbocycles. The summed E-state index contributed by atoms with van der Waals surface area (Å²) in [5.41, 5.74) is 0. The number of hydrogen-bond donors (Lipinski definition) is 1. The second kappa shape index (κ2) is 4.06. The van der Waals surface area contributed by atoms with Crippen molar-refractivity contribution in [1.82, 2.24) is 30.4 Å². The van der Waals surface area contributed by atoms with Crippen LogP contribution in [-0.4, -0.2) is 68.0 Å². The first-order valence-corrected chi connectivity index (χ1v) is 6.04. The minimum Gasteiger partial charge on any atom is -0.330 e. The van der Waals surface area contributed by atoms with Crippen LogP contribution in [0.2, 0.25) is 0 Å². The number of H-pyrrole nitrogens is 1. The molecule has 0 aliphatic carbocycles. The van der Waals surface area contributed by atoms with Gasteiger partial charge in [-0.15, -0.1) is 10.2 Å². The fourth-order valence-electron chi connectivity index (χ4n) is 2.85. The van der Waals surface area contributed by atoms with Crippen LogP contribution in [0.15, 0.2) is 0 Å². The summed E-state index contributed by atoms with van der Waals surface area (Å²) in [7, 11) is 0. The molecule has 3 rings (SSSR count). The summed E-state index contributed by atoms with van der Waals surface area (Å²) in [5.74, 6) is 0.0566. The van der Waals surface area contributed by atoms with Crippen molar-refractivity contribution in [2.24, 2.45) is 0 Å². The van der Waals surface area contributed by atoms with Gasteiger partial charge in [-0.2, -0.15) is 5.21 Å². The molecule has 2 atom stereocenters. The molecule has 3 heterocycles. The number of nitrogens with zero attached hydrogens (tertiary/aromatic N) is 5. The third kappa shape index (κ3) is 1.80. The van der Waals surface area contributed by atoms with Gasteiger partial charge in [0, 0.05) is 25.2 Å². The molecular formula is C10H16N6O. The number of piperazine rings is 1. The zero-order valence-corrected chi connectivity index (χ0v) is 9.83. The first-order chi connectivity index (χ1) is 8.25. The van der Waals surface area contributed by atoms with E-state index in [1.807, 2.05) is 4.90 Å². The van der Waals surface area contributed by atoms with E-state index in [9.17, 15) is 4.79 Å². The smallest absolute Gasteiger partial charge is 0.295 e. The van der Waals surface area contributed by atoms with Crippen molar-refractivity contribution in [3.05, 3.63) is 5.82 Å². The van der Waals surface area contributed by atoms with E-state index in [1.165, 1.54) is 19.4 Å². The van der Waals surface area contributed by atoms with Gasteiger partial charge < -0.3 is 4.90 Å². The molecule has 2 fully saturated rings. The molecule has 2 saturated heterocycles. The maximum atomic E-state index is 12.2. The highest BCUT2D eigenvalue weighted by molar-refractivity contribution is 5.90. The maximum absolute atomic E-state index is 12.2. The van der Waals surface area contributed by atoms with Crippen LogP contribution in [0, 0.1) is 0 Å². The summed E-state index contributed by atoms with van der Waals surface area (Å²) in [6, 6.07) is 0.734. The number of hydrogen-bond acceptors (Lipinski definition) is 5. The molecule has 92 valence electrons. The van der Waals surface area contributed by atoms with Crippen LogP contribution in [0.25, 0.3) is 0 Å². The van der Waals surface area contributed by atoms with Crippen LogP contribution in [0.5, 0.6) is 0 Å². The van der Waals surface area contributed by atoms with Crippen LogP contribution < -0.4 is 0 Å². The van der Waals surface area contributed by atoms with E-state index in [0.29, 0.717) is 6.04 Å². The lowest BCUT2D eigenvalue weighted by atomic mass is 10.1. The predicted octanol–water partition coefficient (Wildman–Crippen LogP) is -0.492. The van der Waals surface area contributed by atoms with Gasteiger partial charge in [-0.25, -0.2) is 0 Å². The van der Waals surface area contributed by atoms with Gasteiger partial charge in [0.2, 0.25) is 0 Å². The van der Waals surface area contributed by atoms with Gasteiger partial charge in [-0.3, -0.25) is 9.69 Å². The van der Waals surface area contributed by atoms with E-state index in [4.69, 9.17) is 0 Å². The lowest BCUT2D eigenvalue weighted by Crippen LogP contribution is -2.56. The van der Waals surface area contributed by atoms with Crippen LogP contribution in [0.3, 0.4) is 0 Å². The number of rotatable bonds is 1. The van der Waals surface area contributed by atoms with Gasteiger partial charge in [0.05, 0.1) is 0 Å². The molecule has 1 aromatic rings. The highest BCUT2D eigenvalue weighted by Crippen LogP contribution is 2.25. The molecule has 17 heavy (non-hydrogen) atoms. The van der Waals surface area contributed by atoms with Crippen molar-refractivity contribution in [3.63, 3.8) is 0 Å². The summed E-state index contributed by atoms with van der Waals surface area (Å²) in [4.78, 5) is 16.5. The standard InChI is InChI=1S/C10H16N6O/c1-7-5-15-4-2-3-8(15)6-16(7)10(17)9-11-13-14-12-9/h7-8H,2-6H2,1H3,(H,11,12,13,14). The fraction of sp³-hybridized carbons (Fsp3) is 0.800. The summed E-state index contributed by atoms with van der Waals surface area (Å²) in [5, 5.41) is 13.3. The van der Waals surface area contributed by atoms with Crippen LogP contribution in [-0.2, 0) is 0 Å². The Labute approximate surface area is 99.2 Å². The number of fused-ring (bicyclic) bond motifs is 1. The van der Waals surface area contributed by atoms with Crippen molar-refractivity contribution in [2.75, 3.05) is 19.6 Å². The largest absolute Gasteiger partial charge is 0.330 e. The second-order valence-electron chi connectivity index (χ2n) is 4.83. The van der Waals surface area contributed by atoms with Crippen LogP contribution in [0.1, 0.15) is 30.4 Å². The van der Waals surface area contributed by atoms with E-state index >= 15 is 0 Å². The summed E-state index contributed by atoms with van der Waals surface area (Å²) in [6.45, 7) is 4.98. The number of tetrazole rings is 1. The SMILES string of the molecule is CC1CN2CCCC2CN1C(=O)c1nn[nH]n1. The molecule has 0 bridgehead atoms. The average Bonchev–Trinajstić information content (AvgIpc) is 2.97. The fourth-order valence-corrected chi connectivity index (χ4v) is 2.85. The maximum Gasteiger partial charge on any atom is 0.295 e. The zero-order valence-electron chi connectivity index (χ0n) is 9.83. The normalized spacial score (nSPS) is 29.4. The lowest BCUT2D eigenvalue weighted by Gasteiger charge is -2.41. The number of amides is 1. The molecule has 2 aliphatic heterocycles. The Morgan fingerprint density at radius 2 is 2.35 bits per heavy atom. The van der Waals surface area contributed by atoms with Gasteiger partial charge >= 0.3 is 0 Å². The zero-order chi connectivity index (χ0) is 11.8. The van der Waals surface area contributed by atoms with Crippen LogP contribution >= 0.6 is 0 Å². The van der Waals surface area contributed by atoms with Crippen molar-refractivity contribution in [3.8, 4) is 0 Å². The lowest BCUT2D eigenvalue weighted by molar-refractivity contribution is 0.0385. The Kier molecular flexibility index (Phi) is 2.54. The van der Waals surface area contributed by atoms with Gasteiger partial charge in [-0.1, -0.05) is 0 Å². The Hall–Kier alpha value is -1.50. The van der Waals surface area contributed by atoms with Crippen molar-refractivity contribution in [1.29, 1.82) is 0 Å². The highest BCUT2D eigenvalue weighted by atomic mass is 16.2. The Bertz CT molecular complexity index is 405. The second-order valence-corrected chi connectivity index (χ2v) is 4.83. The quantitative estimate of drug-likeness (QED) is 0.711. The molecule has 0 radical (unpaired) electrons. The third-order valence-electron chi connectivity index (χ3n) is 3.73. The van der Waals surface area contributed by atoms with Crippen molar-refractivity contribution >= 4 is 5.91 Å². The summed E-state index contributed by atoms with van der Waals surface area (Å²) >= 11 is 0. The molecule has 0 spiro atoms. The Morgan fingerprint density at radius 1 is 1.47 bits per heavy atom. The number of aromatic nitrogens is 4. The summed E-state index contributed by atoms with van der Waals surface area (Å²) in [6.07, 6.45) is 2.42. The monoisotopic (exact) mass is 236 g/mol. The molecule has 7 heteroatoms. The molecule has 2 unspecified atom stereocenters. The number of carbonyl (C=O) groups is 1. The van der Waals surface area contributed by atoms with E-state index in [-0.39, 0.29) is 17.8 Å². The van der Waals surface area contributed by atoms with Gasteiger partial charge in [0.25, 0.3) is 11.7 Å². The van der Waals surface area contributed by atoms with E-state index < -0.39 is 0 Å².